The number of aromatic nitrogens is 3. The minimum atomic E-state index is -0.215. The van der Waals surface area contributed by atoms with Gasteiger partial charge in [-0.2, -0.15) is 5.26 Å². The number of furan rings is 1. The van der Waals surface area contributed by atoms with Crippen LogP contribution in [0.5, 0.6) is 0 Å². The molecule has 212 valence electrons. The van der Waals surface area contributed by atoms with E-state index in [0.717, 1.165) is 55.4 Å². The molecule has 0 aliphatic heterocycles. The molecule has 0 amide bonds. The molecule has 1 aliphatic carbocycles. The fraction of sp³-hybridized carbons (Fsp3) is 0.0750. The van der Waals surface area contributed by atoms with E-state index in [1.54, 1.807) is 0 Å². The normalized spacial score (nSPS) is 13.3. The molecule has 3 heterocycles. The van der Waals surface area contributed by atoms with E-state index < -0.39 is 0 Å². The molecule has 0 N–H and O–H groups in total. The van der Waals surface area contributed by atoms with Gasteiger partial charge < -0.3 is 4.42 Å². The Balaban J connectivity index is 1.17. The zero-order valence-corrected chi connectivity index (χ0v) is 24.7. The molecule has 0 unspecified atom stereocenters. The molecule has 1 aliphatic rings. The van der Waals surface area contributed by atoms with E-state index in [2.05, 4.69) is 98.8 Å². The molecule has 45 heavy (non-hydrogen) atoms. The van der Waals surface area contributed by atoms with Crippen LogP contribution in [-0.4, -0.2) is 14.6 Å². The van der Waals surface area contributed by atoms with E-state index in [1.165, 1.54) is 22.3 Å². The maximum atomic E-state index is 9.52. The van der Waals surface area contributed by atoms with Crippen LogP contribution >= 0.6 is 0 Å². The Kier molecular flexibility index (Phi) is 5.24. The molecule has 0 atom stereocenters. The molecule has 5 heteroatoms. The first-order chi connectivity index (χ1) is 22.0. The molecule has 8 aromatic rings. The summed E-state index contributed by atoms with van der Waals surface area (Å²) >= 11 is 0. The van der Waals surface area contributed by atoms with Gasteiger partial charge in [0.05, 0.1) is 11.6 Å². The van der Waals surface area contributed by atoms with Crippen LogP contribution in [0.2, 0.25) is 0 Å². The molecule has 0 saturated carbocycles. The van der Waals surface area contributed by atoms with Gasteiger partial charge >= 0.3 is 0 Å². The Bertz CT molecular complexity index is 2510. The third-order valence-electron chi connectivity index (χ3n) is 9.33. The number of hydrogen-bond donors (Lipinski definition) is 0. The van der Waals surface area contributed by atoms with E-state index in [9.17, 15) is 5.26 Å². The largest absolute Gasteiger partial charge is 0.455 e. The van der Waals surface area contributed by atoms with Crippen molar-refractivity contribution in [1.29, 1.82) is 5.26 Å². The highest BCUT2D eigenvalue weighted by atomic mass is 16.3. The molecule has 5 nitrogen and oxygen atoms in total. The minimum Gasteiger partial charge on any atom is -0.455 e. The van der Waals surface area contributed by atoms with Crippen LogP contribution in [0.15, 0.2) is 126 Å². The third-order valence-corrected chi connectivity index (χ3v) is 9.33. The lowest BCUT2D eigenvalue weighted by Gasteiger charge is -2.22. The monoisotopic (exact) mass is 578 g/mol. The number of fused-ring (bicyclic) bond motifs is 7. The summed E-state index contributed by atoms with van der Waals surface area (Å²) < 4.78 is 8.39. The number of rotatable bonds is 3. The number of nitrogens with zero attached hydrogens (tertiary/aromatic N) is 4. The average Bonchev–Trinajstić information content (AvgIpc) is 3.75. The summed E-state index contributed by atoms with van der Waals surface area (Å²) in [5.41, 5.74) is 13.2. The van der Waals surface area contributed by atoms with Crippen molar-refractivity contribution in [3.05, 3.63) is 138 Å². The standard InChI is InChI=1S/C40H26N4O/c1-40(2)34-20-24(23-41)13-16-29(34)30-17-14-26(22-35(30)40)28-10-7-11-31-33-21-25(15-18-36(33)45-38(28)31)27-8-3-4-9-32(27)39-42-37-12-5-6-19-44(37)43-39/h3-22H,1-2H3. The van der Waals surface area contributed by atoms with E-state index >= 15 is 0 Å². The highest BCUT2D eigenvalue weighted by Gasteiger charge is 2.36. The van der Waals surface area contributed by atoms with Gasteiger partial charge in [0.2, 0.25) is 0 Å². The Labute approximate surface area is 259 Å². The number of hydrogen-bond acceptors (Lipinski definition) is 4. The first-order valence-electron chi connectivity index (χ1n) is 15.1. The summed E-state index contributed by atoms with van der Waals surface area (Å²) in [6.45, 7) is 4.48. The van der Waals surface area contributed by atoms with Gasteiger partial charge in [-0.15, -0.1) is 5.10 Å². The SMILES string of the molecule is CC1(C)c2cc(C#N)ccc2-c2ccc(-c3cccc4c3oc3ccc(-c5ccccc5-c5nc6ccccn6n5)cc34)cc21. The summed E-state index contributed by atoms with van der Waals surface area (Å²) in [5.74, 6) is 0.696. The van der Waals surface area contributed by atoms with Gasteiger partial charge in [0.15, 0.2) is 11.5 Å². The number of benzene rings is 5. The number of pyridine rings is 1. The second-order valence-electron chi connectivity index (χ2n) is 12.2. The lowest BCUT2D eigenvalue weighted by molar-refractivity contribution is 0.660. The maximum absolute atomic E-state index is 9.52. The van der Waals surface area contributed by atoms with Gasteiger partial charge in [-0.3, -0.25) is 0 Å². The average molecular weight is 579 g/mol. The lowest BCUT2D eigenvalue weighted by Crippen LogP contribution is -2.15. The summed E-state index contributed by atoms with van der Waals surface area (Å²) in [6, 6.07) is 42.0. The van der Waals surface area contributed by atoms with Gasteiger partial charge in [0.1, 0.15) is 11.2 Å². The molecule has 3 aromatic heterocycles. The first-order valence-corrected chi connectivity index (χ1v) is 15.1. The summed E-state index contributed by atoms with van der Waals surface area (Å²) in [5, 5.41) is 16.4. The number of nitriles is 1. The zero-order chi connectivity index (χ0) is 30.3. The predicted molar refractivity (Wildman–Crippen MR) is 179 cm³/mol. The molecule has 0 fully saturated rings. The quantitative estimate of drug-likeness (QED) is 0.209. The molecule has 0 bridgehead atoms. The Morgan fingerprint density at radius 2 is 1.40 bits per heavy atom. The van der Waals surface area contributed by atoms with E-state index in [4.69, 9.17) is 14.5 Å². The van der Waals surface area contributed by atoms with Gasteiger partial charge in [0.25, 0.3) is 0 Å². The first kappa shape index (κ1) is 25.5. The highest BCUT2D eigenvalue weighted by Crippen LogP contribution is 2.50. The fourth-order valence-corrected chi connectivity index (χ4v) is 7.04. The molecule has 5 aromatic carbocycles. The van der Waals surface area contributed by atoms with Crippen LogP contribution < -0.4 is 0 Å². The van der Waals surface area contributed by atoms with Crippen molar-refractivity contribution in [2.75, 3.05) is 0 Å². The molecule has 9 rings (SSSR count). The van der Waals surface area contributed by atoms with Crippen molar-refractivity contribution in [1.82, 2.24) is 14.6 Å². The van der Waals surface area contributed by atoms with Crippen molar-refractivity contribution in [3.63, 3.8) is 0 Å². The highest BCUT2D eigenvalue weighted by molar-refractivity contribution is 6.11. The zero-order valence-electron chi connectivity index (χ0n) is 24.7. The van der Waals surface area contributed by atoms with Crippen molar-refractivity contribution in [3.8, 4) is 50.8 Å². The Hall–Kier alpha value is -5.99. The third kappa shape index (κ3) is 3.73. The van der Waals surface area contributed by atoms with E-state index in [-0.39, 0.29) is 5.41 Å². The van der Waals surface area contributed by atoms with Gasteiger partial charge in [-0.25, -0.2) is 9.50 Å². The maximum Gasteiger partial charge on any atom is 0.182 e. The second kappa shape index (κ2) is 9.25. The molecule has 0 saturated heterocycles. The smallest absolute Gasteiger partial charge is 0.182 e. The Morgan fingerprint density at radius 3 is 2.24 bits per heavy atom. The summed E-state index contributed by atoms with van der Waals surface area (Å²) in [4.78, 5) is 4.79. The van der Waals surface area contributed by atoms with Gasteiger partial charge in [-0.1, -0.05) is 86.6 Å². The minimum absolute atomic E-state index is 0.215. The van der Waals surface area contributed by atoms with Crippen LogP contribution in [0.1, 0.15) is 30.5 Å². The van der Waals surface area contributed by atoms with E-state index in [0.29, 0.717) is 11.4 Å². The molecular formula is C40H26N4O. The van der Waals surface area contributed by atoms with Crippen LogP contribution in [0, 0.1) is 11.3 Å². The topological polar surface area (TPSA) is 67.1 Å². The van der Waals surface area contributed by atoms with Crippen LogP contribution in [0.3, 0.4) is 0 Å². The molecule has 0 spiro atoms. The summed E-state index contributed by atoms with van der Waals surface area (Å²) in [6.07, 6.45) is 1.92. The fourth-order valence-electron chi connectivity index (χ4n) is 7.04. The van der Waals surface area contributed by atoms with Crippen LogP contribution in [0.4, 0.5) is 0 Å². The second-order valence-corrected chi connectivity index (χ2v) is 12.2. The predicted octanol–water partition coefficient (Wildman–Crippen LogP) is 9.81. The molecule has 0 radical (unpaired) electrons. The van der Waals surface area contributed by atoms with Crippen LogP contribution in [-0.2, 0) is 5.41 Å². The Morgan fingerprint density at radius 1 is 0.667 bits per heavy atom. The lowest BCUT2D eigenvalue weighted by atomic mass is 9.81. The van der Waals surface area contributed by atoms with Crippen molar-refractivity contribution >= 4 is 27.6 Å². The van der Waals surface area contributed by atoms with E-state index in [1.807, 2.05) is 47.1 Å². The molecular weight excluding hydrogens is 552 g/mol. The van der Waals surface area contributed by atoms with Gasteiger partial charge in [0, 0.05) is 33.5 Å². The summed E-state index contributed by atoms with van der Waals surface area (Å²) in [7, 11) is 0. The van der Waals surface area contributed by atoms with Gasteiger partial charge in [-0.05, 0) is 81.4 Å². The number of para-hydroxylation sites is 1. The van der Waals surface area contributed by atoms with Crippen molar-refractivity contribution < 1.29 is 4.42 Å². The van der Waals surface area contributed by atoms with Crippen molar-refractivity contribution in [2.45, 2.75) is 19.3 Å². The van der Waals surface area contributed by atoms with Crippen molar-refractivity contribution in [2.24, 2.45) is 0 Å². The van der Waals surface area contributed by atoms with Crippen LogP contribution in [0.25, 0.3) is 72.4 Å².